The molecule has 1 amide bonds. The first-order valence-corrected chi connectivity index (χ1v) is 11.6. The fraction of sp³-hybridized carbons (Fsp3) is 0.458. The zero-order valence-electron chi connectivity index (χ0n) is 19.6. The first kappa shape index (κ1) is 22.6. The number of aryl methyl sites for hydroxylation is 1. The smallest absolute Gasteiger partial charge is 0.436 e. The maximum Gasteiger partial charge on any atom is 0.436 e. The molecule has 1 N–H and O–H groups in total. The Bertz CT molecular complexity index is 1150. The van der Waals surface area contributed by atoms with Crippen molar-refractivity contribution in [2.45, 2.75) is 25.8 Å². The number of fused-ring (bicyclic) bond motifs is 1. The van der Waals surface area contributed by atoms with Gasteiger partial charge in [-0.05, 0) is 31.9 Å². The van der Waals surface area contributed by atoms with Crippen molar-refractivity contribution in [2.75, 3.05) is 56.5 Å². The second-order valence-corrected chi connectivity index (χ2v) is 8.66. The maximum absolute atomic E-state index is 11.4. The minimum absolute atomic E-state index is 0.433. The summed E-state index contributed by atoms with van der Waals surface area (Å²) in [5, 5.41) is 10.1. The monoisotopic (exact) mass is 466 g/mol. The Kier molecular flexibility index (Phi) is 6.36. The van der Waals surface area contributed by atoms with Crippen molar-refractivity contribution >= 4 is 23.2 Å². The Balaban J connectivity index is 1.43. The number of benzene rings is 1. The van der Waals surface area contributed by atoms with Crippen LogP contribution in [0.2, 0.25) is 0 Å². The van der Waals surface area contributed by atoms with Gasteiger partial charge in [-0.3, -0.25) is 19.1 Å². The number of hydrogen-bond acceptors (Lipinski definition) is 7. The maximum atomic E-state index is 11.4. The lowest BCUT2D eigenvalue weighted by Crippen LogP contribution is -2.49. The van der Waals surface area contributed by atoms with Gasteiger partial charge in [-0.1, -0.05) is 12.1 Å². The first-order chi connectivity index (χ1) is 16.6. The summed E-state index contributed by atoms with van der Waals surface area (Å²) in [6.45, 7) is 7.57. The normalized spacial score (nSPS) is 17.9. The molecule has 10 nitrogen and oxygen atoms in total. The molecule has 2 aliphatic heterocycles. The molecule has 2 aromatic heterocycles. The van der Waals surface area contributed by atoms with Gasteiger partial charge in [0.2, 0.25) is 5.95 Å². The molecule has 0 aliphatic carbocycles. The predicted molar refractivity (Wildman–Crippen MR) is 128 cm³/mol. The molecule has 0 unspecified atom stereocenters. The van der Waals surface area contributed by atoms with Gasteiger partial charge < -0.3 is 14.7 Å². The summed E-state index contributed by atoms with van der Waals surface area (Å²) >= 11 is 0. The van der Waals surface area contributed by atoms with Gasteiger partial charge >= 0.3 is 6.09 Å². The van der Waals surface area contributed by atoms with E-state index in [2.05, 4.69) is 19.2 Å². The van der Waals surface area contributed by atoms with Crippen molar-refractivity contribution in [1.29, 1.82) is 0 Å². The number of aromatic nitrogens is 3. The molecule has 0 bridgehead atoms. The molecule has 10 heteroatoms. The summed E-state index contributed by atoms with van der Waals surface area (Å²) < 4.78 is 7.64. The third kappa shape index (κ3) is 4.20. The molecule has 1 aromatic carbocycles. The van der Waals surface area contributed by atoms with E-state index in [-0.39, 0.29) is 0 Å². The number of hydrogen-bond donors (Lipinski definition) is 1. The van der Waals surface area contributed by atoms with E-state index in [0.717, 1.165) is 85.7 Å². The highest BCUT2D eigenvalue weighted by Crippen LogP contribution is 2.32. The number of anilines is 2. The summed E-state index contributed by atoms with van der Waals surface area (Å²) in [7, 11) is 1.33. The first-order valence-electron chi connectivity index (χ1n) is 11.6. The van der Waals surface area contributed by atoms with Crippen LogP contribution in [0.25, 0.3) is 16.8 Å². The number of ether oxygens (including phenoxy) is 1. The molecule has 5 rings (SSSR count). The molecule has 0 radical (unpaired) electrons. The molecule has 2 aliphatic rings. The zero-order valence-corrected chi connectivity index (χ0v) is 19.6. The summed E-state index contributed by atoms with van der Waals surface area (Å²) in [5.74, 6) is 0.920. The van der Waals surface area contributed by atoms with Crippen LogP contribution in [-0.4, -0.2) is 83.0 Å². The Morgan fingerprint density at radius 2 is 1.85 bits per heavy atom. The minimum atomic E-state index is -1.18. The van der Waals surface area contributed by atoms with Crippen LogP contribution in [0.3, 0.4) is 0 Å². The van der Waals surface area contributed by atoms with E-state index < -0.39 is 6.09 Å². The van der Waals surface area contributed by atoms with Crippen molar-refractivity contribution < 1.29 is 19.5 Å². The fourth-order valence-electron chi connectivity index (χ4n) is 5.03. The number of nitrogens with zero attached hydrogens (tertiary/aromatic N) is 6. The lowest BCUT2D eigenvalue weighted by atomic mass is 10.0. The number of piperidine rings is 1. The summed E-state index contributed by atoms with van der Waals surface area (Å²) in [5.41, 5.74) is 4.02. The zero-order chi connectivity index (χ0) is 23.7. The van der Waals surface area contributed by atoms with Crippen LogP contribution in [0.1, 0.15) is 18.5 Å². The molecule has 2 fully saturated rings. The van der Waals surface area contributed by atoms with Crippen molar-refractivity contribution in [3.8, 4) is 11.3 Å². The highest BCUT2D eigenvalue weighted by molar-refractivity contribution is 5.86. The van der Waals surface area contributed by atoms with E-state index >= 15 is 0 Å². The standard InChI is InChI=1S/C24H30N6O4/c1-17-22-21(18-3-5-20(6-4-18)30(33-2)24(31)32)26-23(29(22)12-9-25-17)28-10-7-19(8-11-28)27-13-15-34-16-14-27/h3-6,9,12,19H,7-8,10-11,13-16H2,1-2H3,(H,31,32). The van der Waals surface area contributed by atoms with Gasteiger partial charge in [0.25, 0.3) is 0 Å². The van der Waals surface area contributed by atoms with E-state index in [9.17, 15) is 9.90 Å². The minimum Gasteiger partial charge on any atom is -0.463 e. The largest absolute Gasteiger partial charge is 0.463 e. The fourth-order valence-corrected chi connectivity index (χ4v) is 5.03. The third-order valence-corrected chi connectivity index (χ3v) is 6.76. The molecular weight excluding hydrogens is 436 g/mol. The molecule has 0 spiro atoms. The Hall–Kier alpha value is -3.21. The SMILES string of the molecule is CON(C(=O)O)c1ccc(-c2nc(N3CCC(N4CCOCC4)CC3)n3ccnc(C)c23)cc1. The van der Waals surface area contributed by atoms with Gasteiger partial charge in [0.1, 0.15) is 5.69 Å². The van der Waals surface area contributed by atoms with Crippen molar-refractivity contribution in [1.82, 2.24) is 19.3 Å². The number of morpholine rings is 1. The number of rotatable bonds is 5. The molecular formula is C24H30N6O4. The highest BCUT2D eigenvalue weighted by atomic mass is 16.7. The van der Waals surface area contributed by atoms with Crippen molar-refractivity contribution in [3.05, 3.63) is 42.4 Å². The molecule has 4 heterocycles. The van der Waals surface area contributed by atoms with Crippen LogP contribution in [0.5, 0.6) is 0 Å². The number of carbonyl (C=O) groups is 1. The number of carboxylic acid groups (broad SMARTS) is 1. The number of amides is 1. The van der Waals surface area contributed by atoms with Crippen LogP contribution in [0, 0.1) is 6.92 Å². The second-order valence-electron chi connectivity index (χ2n) is 8.66. The highest BCUT2D eigenvalue weighted by Gasteiger charge is 2.28. The third-order valence-electron chi connectivity index (χ3n) is 6.76. The molecule has 2 saturated heterocycles. The van der Waals surface area contributed by atoms with Crippen LogP contribution in [-0.2, 0) is 9.57 Å². The molecule has 34 heavy (non-hydrogen) atoms. The van der Waals surface area contributed by atoms with Crippen molar-refractivity contribution in [2.24, 2.45) is 0 Å². The molecule has 3 aromatic rings. The molecule has 0 atom stereocenters. The van der Waals surface area contributed by atoms with Crippen molar-refractivity contribution in [3.63, 3.8) is 0 Å². The average Bonchev–Trinajstić information content (AvgIpc) is 3.26. The number of hydroxylamine groups is 1. The Labute approximate surface area is 198 Å². The van der Waals surface area contributed by atoms with Crippen LogP contribution in [0.4, 0.5) is 16.4 Å². The van der Waals surface area contributed by atoms with Gasteiger partial charge in [-0.2, -0.15) is 5.06 Å². The molecule has 180 valence electrons. The van der Waals surface area contributed by atoms with Gasteiger partial charge in [-0.25, -0.2) is 9.78 Å². The average molecular weight is 467 g/mol. The lowest BCUT2D eigenvalue weighted by Gasteiger charge is -2.40. The second kappa shape index (κ2) is 9.57. The van der Waals surface area contributed by atoms with E-state index in [1.165, 1.54) is 7.11 Å². The summed E-state index contributed by atoms with van der Waals surface area (Å²) in [6.07, 6.45) is 4.80. The van der Waals surface area contributed by atoms with E-state index in [1.54, 1.807) is 12.1 Å². The van der Waals surface area contributed by atoms with E-state index in [4.69, 9.17) is 14.6 Å². The van der Waals surface area contributed by atoms with E-state index in [0.29, 0.717) is 11.7 Å². The molecule has 0 saturated carbocycles. The van der Waals surface area contributed by atoms with Gasteiger partial charge in [-0.15, -0.1) is 0 Å². The van der Waals surface area contributed by atoms with Gasteiger partial charge in [0.15, 0.2) is 0 Å². The predicted octanol–water partition coefficient (Wildman–Crippen LogP) is 3.05. The van der Waals surface area contributed by atoms with Crippen LogP contribution < -0.4 is 9.96 Å². The van der Waals surface area contributed by atoms with Crippen LogP contribution >= 0.6 is 0 Å². The van der Waals surface area contributed by atoms with Gasteiger partial charge in [0.05, 0.1) is 37.2 Å². The van der Waals surface area contributed by atoms with Crippen LogP contribution in [0.15, 0.2) is 36.7 Å². The Morgan fingerprint density at radius 3 is 2.50 bits per heavy atom. The quantitative estimate of drug-likeness (QED) is 0.574. The summed E-state index contributed by atoms with van der Waals surface area (Å²) in [4.78, 5) is 30.8. The van der Waals surface area contributed by atoms with E-state index in [1.807, 2.05) is 31.5 Å². The number of imidazole rings is 1. The van der Waals surface area contributed by atoms with Gasteiger partial charge in [0, 0.05) is 50.2 Å². The Morgan fingerprint density at radius 1 is 1.15 bits per heavy atom. The topological polar surface area (TPSA) is 95.7 Å². The summed E-state index contributed by atoms with van der Waals surface area (Å²) in [6, 6.07) is 7.77. The lowest BCUT2D eigenvalue weighted by molar-refractivity contribution is 0.0114.